The maximum Gasteiger partial charge on any atom is 0.228 e. The number of aromatic nitrogens is 2. The number of aromatic amines is 1. The van der Waals surface area contributed by atoms with Gasteiger partial charge in [-0.3, -0.25) is 9.89 Å². The topological polar surface area (TPSA) is 57.8 Å². The van der Waals surface area contributed by atoms with Gasteiger partial charge in [0.05, 0.1) is 0 Å². The van der Waals surface area contributed by atoms with Crippen LogP contribution in [0.4, 0.5) is 5.82 Å². The number of nitrogens with one attached hydrogen (secondary N) is 2. The van der Waals surface area contributed by atoms with E-state index in [1.165, 1.54) is 0 Å². The van der Waals surface area contributed by atoms with E-state index >= 15 is 0 Å². The molecule has 0 aliphatic carbocycles. The van der Waals surface area contributed by atoms with Crippen LogP contribution in [-0.2, 0) is 4.79 Å². The highest BCUT2D eigenvalue weighted by Crippen LogP contribution is 2.15. The van der Waals surface area contributed by atoms with Gasteiger partial charge in [0.1, 0.15) is 0 Å². The summed E-state index contributed by atoms with van der Waals surface area (Å²) in [5, 5.41) is 9.73. The largest absolute Gasteiger partial charge is 0.309 e. The molecule has 15 heavy (non-hydrogen) atoms. The lowest BCUT2D eigenvalue weighted by molar-refractivity contribution is -0.119. The fourth-order valence-corrected chi connectivity index (χ4v) is 1.13. The molecular weight excluding hydrogens is 190 g/mol. The highest BCUT2D eigenvalue weighted by molar-refractivity contribution is 5.91. The van der Waals surface area contributed by atoms with Gasteiger partial charge in [-0.05, 0) is 12.3 Å². The first-order valence-corrected chi connectivity index (χ1v) is 5.40. The number of amides is 1. The monoisotopic (exact) mass is 209 g/mol. The molecule has 0 saturated heterocycles. The van der Waals surface area contributed by atoms with Gasteiger partial charge in [0, 0.05) is 17.7 Å². The number of carbonyl (C=O) groups is 1. The summed E-state index contributed by atoms with van der Waals surface area (Å²) >= 11 is 0. The highest BCUT2D eigenvalue weighted by atomic mass is 16.1. The van der Waals surface area contributed by atoms with Crippen LogP contribution in [0.25, 0.3) is 0 Å². The summed E-state index contributed by atoms with van der Waals surface area (Å²) < 4.78 is 0. The number of hydrogen-bond acceptors (Lipinski definition) is 2. The third-order valence-corrected chi connectivity index (χ3v) is 2.53. The molecule has 0 aliphatic rings. The second-order valence-electron chi connectivity index (χ2n) is 4.16. The van der Waals surface area contributed by atoms with Crippen LogP contribution in [0.5, 0.6) is 0 Å². The van der Waals surface area contributed by atoms with E-state index in [4.69, 9.17) is 0 Å². The molecule has 0 fully saturated rings. The summed E-state index contributed by atoms with van der Waals surface area (Å²) in [6.07, 6.45) is 0.841. The second kappa shape index (κ2) is 4.96. The molecule has 0 saturated carbocycles. The van der Waals surface area contributed by atoms with Crippen LogP contribution in [0.15, 0.2) is 6.07 Å². The molecule has 0 aliphatic heterocycles. The Morgan fingerprint density at radius 3 is 2.67 bits per heavy atom. The molecule has 84 valence electrons. The van der Waals surface area contributed by atoms with E-state index in [0.717, 1.165) is 12.1 Å². The number of anilines is 1. The molecule has 1 unspecified atom stereocenters. The Balaban J connectivity index is 2.61. The molecule has 1 aromatic rings. The van der Waals surface area contributed by atoms with Gasteiger partial charge in [-0.15, -0.1) is 0 Å². The Labute approximate surface area is 90.5 Å². The van der Waals surface area contributed by atoms with Crippen LogP contribution >= 0.6 is 0 Å². The van der Waals surface area contributed by atoms with Gasteiger partial charge in [0.2, 0.25) is 5.91 Å². The van der Waals surface area contributed by atoms with Gasteiger partial charge in [-0.1, -0.05) is 27.7 Å². The molecule has 0 bridgehead atoms. The number of nitrogens with zero attached hydrogens (tertiary/aromatic N) is 1. The Morgan fingerprint density at radius 2 is 2.20 bits per heavy atom. The van der Waals surface area contributed by atoms with E-state index in [2.05, 4.69) is 29.4 Å². The number of hydrogen-bond donors (Lipinski definition) is 2. The summed E-state index contributed by atoms with van der Waals surface area (Å²) in [6, 6.07) is 1.88. The molecule has 1 aromatic heterocycles. The summed E-state index contributed by atoms with van der Waals surface area (Å²) in [5.41, 5.74) is 1.04. The molecule has 1 heterocycles. The Morgan fingerprint density at radius 1 is 1.53 bits per heavy atom. The van der Waals surface area contributed by atoms with Crippen molar-refractivity contribution in [2.24, 2.45) is 5.92 Å². The van der Waals surface area contributed by atoms with Gasteiger partial charge in [-0.2, -0.15) is 5.10 Å². The Bertz CT molecular complexity index is 330. The smallest absolute Gasteiger partial charge is 0.228 e. The highest BCUT2D eigenvalue weighted by Gasteiger charge is 2.12. The van der Waals surface area contributed by atoms with Crippen molar-refractivity contribution in [2.45, 2.75) is 40.0 Å². The van der Waals surface area contributed by atoms with Crippen molar-refractivity contribution < 1.29 is 4.79 Å². The molecule has 0 radical (unpaired) electrons. The van der Waals surface area contributed by atoms with Crippen molar-refractivity contribution >= 4 is 11.7 Å². The van der Waals surface area contributed by atoms with E-state index in [9.17, 15) is 4.79 Å². The molecule has 1 atom stereocenters. The van der Waals surface area contributed by atoms with Gasteiger partial charge >= 0.3 is 0 Å². The van der Waals surface area contributed by atoms with Crippen LogP contribution in [0, 0.1) is 5.92 Å². The first-order chi connectivity index (χ1) is 7.04. The van der Waals surface area contributed by atoms with Gasteiger partial charge < -0.3 is 5.32 Å². The zero-order valence-electron chi connectivity index (χ0n) is 9.79. The molecule has 1 rings (SSSR count). The predicted molar refractivity (Wildman–Crippen MR) is 60.8 cm³/mol. The minimum atomic E-state index is 0.0271. The van der Waals surface area contributed by atoms with Crippen molar-refractivity contribution in [1.29, 1.82) is 0 Å². The minimum absolute atomic E-state index is 0.0271. The van der Waals surface area contributed by atoms with Gasteiger partial charge in [-0.25, -0.2) is 0 Å². The normalized spacial score (nSPS) is 12.9. The molecule has 4 heteroatoms. The summed E-state index contributed by atoms with van der Waals surface area (Å²) in [4.78, 5) is 11.6. The molecule has 0 spiro atoms. The number of H-pyrrole nitrogens is 1. The van der Waals surface area contributed by atoms with Crippen LogP contribution in [0.2, 0.25) is 0 Å². The van der Waals surface area contributed by atoms with Crippen LogP contribution in [0.3, 0.4) is 0 Å². The van der Waals surface area contributed by atoms with E-state index < -0.39 is 0 Å². The standard InChI is InChI=1S/C11H19N3O/c1-5-8(4)11(15)12-10-6-9(7(2)3)13-14-10/h6-8H,5H2,1-4H3,(H2,12,13,14,15). The molecule has 2 N–H and O–H groups in total. The van der Waals surface area contributed by atoms with Crippen LogP contribution in [-0.4, -0.2) is 16.1 Å². The Kier molecular flexibility index (Phi) is 3.88. The fourth-order valence-electron chi connectivity index (χ4n) is 1.13. The van der Waals surface area contributed by atoms with Gasteiger partial charge in [0.25, 0.3) is 0 Å². The first kappa shape index (κ1) is 11.8. The zero-order chi connectivity index (χ0) is 11.4. The van der Waals surface area contributed by atoms with Crippen molar-refractivity contribution in [3.05, 3.63) is 11.8 Å². The molecule has 1 amide bonds. The SMILES string of the molecule is CCC(C)C(=O)Nc1cc(C(C)C)[nH]n1. The van der Waals surface area contributed by atoms with E-state index in [-0.39, 0.29) is 11.8 Å². The summed E-state index contributed by atoms with van der Waals surface area (Å²) in [6.45, 7) is 8.06. The van der Waals surface area contributed by atoms with Crippen LogP contribution < -0.4 is 5.32 Å². The third kappa shape index (κ3) is 3.08. The van der Waals surface area contributed by atoms with Crippen molar-refractivity contribution in [3.8, 4) is 0 Å². The lowest BCUT2D eigenvalue weighted by atomic mass is 10.1. The minimum Gasteiger partial charge on any atom is -0.309 e. The van der Waals surface area contributed by atoms with Crippen LogP contribution in [0.1, 0.15) is 45.7 Å². The maximum atomic E-state index is 11.6. The van der Waals surface area contributed by atoms with Gasteiger partial charge in [0.15, 0.2) is 5.82 Å². The molecule has 0 aromatic carbocycles. The lowest BCUT2D eigenvalue weighted by Gasteiger charge is -2.06. The zero-order valence-corrected chi connectivity index (χ0v) is 9.79. The second-order valence-corrected chi connectivity index (χ2v) is 4.16. The summed E-state index contributed by atoms with van der Waals surface area (Å²) in [5.74, 6) is 1.07. The lowest BCUT2D eigenvalue weighted by Crippen LogP contribution is -2.19. The molecule has 4 nitrogen and oxygen atoms in total. The van der Waals surface area contributed by atoms with E-state index in [1.807, 2.05) is 19.9 Å². The van der Waals surface area contributed by atoms with Crippen molar-refractivity contribution in [2.75, 3.05) is 5.32 Å². The summed E-state index contributed by atoms with van der Waals surface area (Å²) in [7, 11) is 0. The average Bonchev–Trinajstić information content (AvgIpc) is 2.65. The quantitative estimate of drug-likeness (QED) is 0.800. The average molecular weight is 209 g/mol. The van der Waals surface area contributed by atoms with E-state index in [0.29, 0.717) is 11.7 Å². The Hall–Kier alpha value is -1.32. The van der Waals surface area contributed by atoms with E-state index in [1.54, 1.807) is 0 Å². The third-order valence-electron chi connectivity index (χ3n) is 2.53. The first-order valence-electron chi connectivity index (χ1n) is 5.40. The van der Waals surface area contributed by atoms with Crippen molar-refractivity contribution in [3.63, 3.8) is 0 Å². The maximum absolute atomic E-state index is 11.6. The number of rotatable bonds is 4. The van der Waals surface area contributed by atoms with Crippen molar-refractivity contribution in [1.82, 2.24) is 10.2 Å². The molecular formula is C11H19N3O. The predicted octanol–water partition coefficient (Wildman–Crippen LogP) is 2.52. The fraction of sp³-hybridized carbons (Fsp3) is 0.636. The number of carbonyl (C=O) groups excluding carboxylic acids is 1.